The van der Waals surface area contributed by atoms with Crippen LogP contribution in [0.15, 0.2) is 11.6 Å². The highest BCUT2D eigenvalue weighted by molar-refractivity contribution is 5.05. The van der Waals surface area contributed by atoms with Gasteiger partial charge in [0.1, 0.15) is 0 Å². The Hall–Kier alpha value is -0.260. The van der Waals surface area contributed by atoms with Crippen LogP contribution >= 0.6 is 0 Å². The normalized spacial score (nSPS) is 20.0. The second kappa shape index (κ2) is 13.9. The lowest BCUT2D eigenvalue weighted by Gasteiger charge is -2.48. The maximum atomic E-state index is 2.65. The van der Waals surface area contributed by atoms with Crippen LogP contribution < -0.4 is 0 Å². The van der Waals surface area contributed by atoms with Gasteiger partial charge in [0.25, 0.3) is 0 Å². The molecule has 0 radical (unpaired) electrons. The van der Waals surface area contributed by atoms with E-state index in [1.165, 1.54) is 141 Å². The molecule has 2 saturated carbocycles. The second-order valence-corrected chi connectivity index (χ2v) is 11.3. The lowest BCUT2D eigenvalue weighted by Crippen LogP contribution is -2.37. The zero-order valence-electron chi connectivity index (χ0n) is 20.6. The van der Waals surface area contributed by atoms with Crippen molar-refractivity contribution in [1.82, 2.24) is 0 Å². The van der Waals surface area contributed by atoms with Crippen molar-refractivity contribution in [3.8, 4) is 0 Å². The molecular weight excluding hydrogens is 348 g/mol. The van der Waals surface area contributed by atoms with Crippen LogP contribution in [0.3, 0.4) is 0 Å². The van der Waals surface area contributed by atoms with E-state index in [0.717, 1.165) is 0 Å². The summed E-state index contributed by atoms with van der Waals surface area (Å²) < 4.78 is 0. The molecule has 170 valence electrons. The van der Waals surface area contributed by atoms with E-state index in [4.69, 9.17) is 0 Å². The Kier molecular flexibility index (Phi) is 12.0. The molecule has 0 amide bonds. The van der Waals surface area contributed by atoms with Crippen LogP contribution in [0.2, 0.25) is 0 Å². The fraction of sp³-hybridized carbons (Fsp3) is 0.931. The van der Waals surface area contributed by atoms with E-state index in [-0.39, 0.29) is 0 Å². The van der Waals surface area contributed by atoms with Gasteiger partial charge in [-0.3, -0.25) is 0 Å². The van der Waals surface area contributed by atoms with Gasteiger partial charge in [0, 0.05) is 0 Å². The summed E-state index contributed by atoms with van der Waals surface area (Å²) in [5.41, 5.74) is 2.94. The smallest absolute Gasteiger partial charge is 0.0246 e. The van der Waals surface area contributed by atoms with Gasteiger partial charge in [0.05, 0.1) is 0 Å². The Morgan fingerprint density at radius 1 is 0.724 bits per heavy atom. The van der Waals surface area contributed by atoms with Crippen LogP contribution in [0, 0.1) is 10.8 Å². The summed E-state index contributed by atoms with van der Waals surface area (Å²) >= 11 is 0. The first kappa shape index (κ1) is 25.0. The molecule has 0 aromatic heterocycles. The third-order valence-electron chi connectivity index (χ3n) is 8.69. The highest BCUT2D eigenvalue weighted by Gasteiger charge is 2.43. The minimum absolute atomic E-state index is 0.536. The molecule has 0 N–H and O–H groups in total. The summed E-state index contributed by atoms with van der Waals surface area (Å²) in [6.07, 6.45) is 34.6. The molecule has 0 aromatic rings. The molecule has 0 saturated heterocycles. The number of hydrogen-bond donors (Lipinski definition) is 0. The van der Waals surface area contributed by atoms with Gasteiger partial charge in [0.15, 0.2) is 0 Å². The Labute approximate surface area is 184 Å². The Bertz CT molecular complexity index is 425. The van der Waals surface area contributed by atoms with E-state index in [1.807, 2.05) is 0 Å². The van der Waals surface area contributed by atoms with E-state index in [1.54, 1.807) is 5.57 Å². The number of allylic oxidation sites excluding steroid dienone is 2. The minimum Gasteiger partial charge on any atom is -0.0853 e. The summed E-state index contributed by atoms with van der Waals surface area (Å²) in [6.45, 7) is 7.62. The van der Waals surface area contributed by atoms with Crippen LogP contribution in [0.1, 0.15) is 162 Å². The Balaban J connectivity index is 1.78. The van der Waals surface area contributed by atoms with Gasteiger partial charge < -0.3 is 0 Å². The molecule has 0 aliphatic heterocycles. The van der Waals surface area contributed by atoms with Crippen LogP contribution in [0.4, 0.5) is 0 Å². The van der Waals surface area contributed by atoms with E-state index < -0.39 is 0 Å². The van der Waals surface area contributed by atoms with Gasteiger partial charge in [-0.05, 0) is 75.0 Å². The van der Waals surface area contributed by atoms with Crippen LogP contribution in [-0.2, 0) is 0 Å². The van der Waals surface area contributed by atoms with Crippen molar-refractivity contribution in [3.05, 3.63) is 11.6 Å². The summed E-state index contributed by atoms with van der Waals surface area (Å²) in [5.74, 6) is 0. The Morgan fingerprint density at radius 2 is 1.34 bits per heavy atom. The fourth-order valence-electron chi connectivity index (χ4n) is 6.41. The zero-order chi connectivity index (χ0) is 20.8. The second-order valence-electron chi connectivity index (χ2n) is 11.3. The highest BCUT2D eigenvalue weighted by atomic mass is 14.5. The standard InChI is InChI=1S/C29H54/c1-4-5-6-7-9-16-23-28(2,3)29(25-18-11-12-19-26-29)24-17-10-8-13-20-27-21-14-15-22-27/h20H,4-19,21-26H2,1-3H3. The van der Waals surface area contributed by atoms with Crippen LogP contribution in [0.5, 0.6) is 0 Å². The average molecular weight is 403 g/mol. The van der Waals surface area contributed by atoms with Crippen molar-refractivity contribution in [2.24, 2.45) is 10.8 Å². The first-order chi connectivity index (χ1) is 14.1. The number of rotatable bonds is 14. The topological polar surface area (TPSA) is 0 Å². The Morgan fingerprint density at radius 3 is 2.03 bits per heavy atom. The van der Waals surface area contributed by atoms with E-state index >= 15 is 0 Å². The number of hydrogen-bond acceptors (Lipinski definition) is 0. The third kappa shape index (κ3) is 8.78. The molecule has 0 aromatic carbocycles. The molecule has 0 unspecified atom stereocenters. The molecule has 0 heteroatoms. The van der Waals surface area contributed by atoms with Crippen molar-refractivity contribution < 1.29 is 0 Å². The molecule has 2 aliphatic rings. The van der Waals surface area contributed by atoms with Crippen molar-refractivity contribution in [3.63, 3.8) is 0 Å². The molecule has 2 fully saturated rings. The van der Waals surface area contributed by atoms with Gasteiger partial charge in [0.2, 0.25) is 0 Å². The minimum atomic E-state index is 0.536. The maximum absolute atomic E-state index is 2.65. The quantitative estimate of drug-likeness (QED) is 0.154. The molecule has 29 heavy (non-hydrogen) atoms. The number of unbranched alkanes of at least 4 members (excludes halogenated alkanes) is 8. The zero-order valence-corrected chi connectivity index (χ0v) is 20.6. The monoisotopic (exact) mass is 402 g/mol. The molecule has 2 aliphatic carbocycles. The lowest BCUT2D eigenvalue weighted by molar-refractivity contribution is 0.0255. The van der Waals surface area contributed by atoms with Gasteiger partial charge >= 0.3 is 0 Å². The predicted molar refractivity (Wildman–Crippen MR) is 132 cm³/mol. The molecule has 0 bridgehead atoms. The van der Waals surface area contributed by atoms with Gasteiger partial charge in [-0.1, -0.05) is 109 Å². The van der Waals surface area contributed by atoms with Gasteiger partial charge in [-0.15, -0.1) is 0 Å². The van der Waals surface area contributed by atoms with E-state index in [0.29, 0.717) is 10.8 Å². The van der Waals surface area contributed by atoms with Gasteiger partial charge in [-0.2, -0.15) is 0 Å². The summed E-state index contributed by atoms with van der Waals surface area (Å²) in [6, 6.07) is 0. The van der Waals surface area contributed by atoms with Crippen molar-refractivity contribution in [2.75, 3.05) is 0 Å². The van der Waals surface area contributed by atoms with Crippen molar-refractivity contribution >= 4 is 0 Å². The largest absolute Gasteiger partial charge is 0.0853 e. The maximum Gasteiger partial charge on any atom is -0.0246 e. The summed E-state index contributed by atoms with van der Waals surface area (Å²) in [5, 5.41) is 0. The predicted octanol–water partition coefficient (Wildman–Crippen LogP) is 10.6. The molecule has 0 nitrogen and oxygen atoms in total. The van der Waals surface area contributed by atoms with Gasteiger partial charge in [-0.25, -0.2) is 0 Å². The average Bonchev–Trinajstić information content (AvgIpc) is 3.10. The van der Waals surface area contributed by atoms with Crippen molar-refractivity contribution in [1.29, 1.82) is 0 Å². The highest BCUT2D eigenvalue weighted by Crippen LogP contribution is 2.54. The molecule has 0 atom stereocenters. The van der Waals surface area contributed by atoms with E-state index in [9.17, 15) is 0 Å². The SMILES string of the molecule is CCCCCCCCC(C)(C)C1(CCCCCC=C2CCCC2)CCCCCC1. The van der Waals surface area contributed by atoms with E-state index in [2.05, 4.69) is 26.8 Å². The molecule has 0 spiro atoms. The first-order valence-corrected chi connectivity index (χ1v) is 13.8. The van der Waals surface area contributed by atoms with Crippen molar-refractivity contribution in [2.45, 2.75) is 162 Å². The summed E-state index contributed by atoms with van der Waals surface area (Å²) in [4.78, 5) is 0. The van der Waals surface area contributed by atoms with Crippen LogP contribution in [-0.4, -0.2) is 0 Å². The lowest BCUT2D eigenvalue weighted by atomic mass is 9.57. The summed E-state index contributed by atoms with van der Waals surface area (Å²) in [7, 11) is 0. The molecule has 2 rings (SSSR count). The fourth-order valence-corrected chi connectivity index (χ4v) is 6.41. The molecular formula is C29H54. The van der Waals surface area contributed by atoms with Crippen LogP contribution in [0.25, 0.3) is 0 Å². The third-order valence-corrected chi connectivity index (χ3v) is 8.69. The molecule has 0 heterocycles. The first-order valence-electron chi connectivity index (χ1n) is 13.8.